The van der Waals surface area contributed by atoms with Gasteiger partial charge in [0.05, 0.1) is 12.1 Å². The zero-order valence-electron chi connectivity index (χ0n) is 13.1. The Morgan fingerprint density at radius 1 is 1.52 bits per heavy atom. The lowest BCUT2D eigenvalue weighted by molar-refractivity contribution is -0.162. The van der Waals surface area contributed by atoms with E-state index in [2.05, 4.69) is 47.8 Å². The topological polar surface area (TPSA) is 41.6 Å². The van der Waals surface area contributed by atoms with E-state index in [1.807, 2.05) is 0 Å². The van der Waals surface area contributed by atoms with Gasteiger partial charge in [0, 0.05) is 18.6 Å². The summed E-state index contributed by atoms with van der Waals surface area (Å²) in [6.45, 7) is 6.47. The van der Waals surface area contributed by atoms with E-state index in [-0.39, 0.29) is 35.7 Å². The molecular weight excluding hydrogens is 284 g/mol. The molecule has 1 aliphatic heterocycles. The van der Waals surface area contributed by atoms with Gasteiger partial charge in [-0.15, -0.1) is 0 Å². The normalized spacial score (nSPS) is 35.0. The molecule has 4 unspecified atom stereocenters. The van der Waals surface area contributed by atoms with Crippen molar-refractivity contribution in [3.63, 3.8) is 0 Å². The van der Waals surface area contributed by atoms with Crippen molar-refractivity contribution in [2.45, 2.75) is 58.0 Å². The number of hydrogen-bond donors (Lipinski definition) is 1. The molecule has 116 valence electrons. The fourth-order valence-electron chi connectivity index (χ4n) is 3.70. The molecule has 3 rings (SSSR count). The smallest absolute Gasteiger partial charge is 0.241 e. The number of amides is 1. The second kappa shape index (κ2) is 5.38. The molecule has 1 amide bonds. The first-order valence-electron chi connectivity index (χ1n) is 7.63. The van der Waals surface area contributed by atoms with Crippen molar-refractivity contribution in [2.75, 3.05) is 7.11 Å². The first-order valence-corrected chi connectivity index (χ1v) is 8.58. The Hall–Kier alpha value is -0.910. The molecule has 4 nitrogen and oxygen atoms in total. The molecule has 1 saturated heterocycles. The zero-order valence-corrected chi connectivity index (χ0v) is 13.9. The highest BCUT2D eigenvalue weighted by Crippen LogP contribution is 2.49. The summed E-state index contributed by atoms with van der Waals surface area (Å²) in [5.74, 6) is 0.237. The van der Waals surface area contributed by atoms with E-state index in [1.54, 1.807) is 18.4 Å². The maximum atomic E-state index is 12.8. The molecule has 1 aliphatic carbocycles. The molecule has 4 atom stereocenters. The fourth-order valence-corrected chi connectivity index (χ4v) is 4.38. The zero-order chi connectivity index (χ0) is 15.2. The Morgan fingerprint density at radius 2 is 2.29 bits per heavy atom. The van der Waals surface area contributed by atoms with Gasteiger partial charge in [-0.05, 0) is 35.2 Å². The van der Waals surface area contributed by atoms with Crippen LogP contribution in [0.1, 0.15) is 45.3 Å². The summed E-state index contributed by atoms with van der Waals surface area (Å²) < 4.78 is 5.55. The Balaban J connectivity index is 1.89. The maximum absolute atomic E-state index is 12.8. The maximum Gasteiger partial charge on any atom is 0.241 e. The number of hydrogen-bond acceptors (Lipinski definition) is 4. The summed E-state index contributed by atoms with van der Waals surface area (Å²) >= 11 is 1.68. The van der Waals surface area contributed by atoms with Crippen molar-refractivity contribution < 1.29 is 9.53 Å². The summed E-state index contributed by atoms with van der Waals surface area (Å²) in [4.78, 5) is 14.9. The summed E-state index contributed by atoms with van der Waals surface area (Å²) in [6, 6.07) is 2.29. The SMILES string of the molecule is CCC1NC(c2ccsc2)N(C2CC(OC)C2(C)C)C1=O. The van der Waals surface area contributed by atoms with Gasteiger partial charge in [-0.25, -0.2) is 0 Å². The van der Waals surface area contributed by atoms with E-state index in [0.717, 1.165) is 12.8 Å². The largest absolute Gasteiger partial charge is 0.381 e. The Morgan fingerprint density at radius 3 is 2.81 bits per heavy atom. The van der Waals surface area contributed by atoms with Gasteiger partial charge in [0.1, 0.15) is 6.17 Å². The predicted octanol–water partition coefficient (Wildman–Crippen LogP) is 2.77. The van der Waals surface area contributed by atoms with Crippen molar-refractivity contribution in [2.24, 2.45) is 5.41 Å². The molecule has 1 aromatic rings. The molecule has 1 saturated carbocycles. The van der Waals surface area contributed by atoms with Crippen LogP contribution in [0.2, 0.25) is 0 Å². The standard InChI is InChI=1S/C16H24N2O2S/c1-5-11-15(19)18(12-8-13(20-4)16(12,2)3)14(17-11)10-6-7-21-9-10/h6-7,9,11-14,17H,5,8H2,1-4H3. The second-order valence-electron chi connectivity index (χ2n) is 6.63. The van der Waals surface area contributed by atoms with E-state index in [9.17, 15) is 4.79 Å². The van der Waals surface area contributed by atoms with E-state index < -0.39 is 0 Å². The Labute approximate surface area is 130 Å². The van der Waals surface area contributed by atoms with Crippen molar-refractivity contribution in [3.05, 3.63) is 22.4 Å². The third kappa shape index (κ3) is 2.22. The number of ether oxygens (including phenoxy) is 1. The molecule has 2 heterocycles. The molecule has 21 heavy (non-hydrogen) atoms. The van der Waals surface area contributed by atoms with Gasteiger partial charge in [-0.1, -0.05) is 20.8 Å². The molecule has 0 radical (unpaired) electrons. The average molecular weight is 308 g/mol. The van der Waals surface area contributed by atoms with Gasteiger partial charge in [0.15, 0.2) is 0 Å². The Kier molecular flexibility index (Phi) is 3.84. The quantitative estimate of drug-likeness (QED) is 0.930. The van der Waals surface area contributed by atoms with E-state index in [4.69, 9.17) is 4.74 Å². The van der Waals surface area contributed by atoms with Crippen molar-refractivity contribution in [3.8, 4) is 0 Å². The molecule has 0 bridgehead atoms. The number of nitrogens with zero attached hydrogens (tertiary/aromatic N) is 1. The van der Waals surface area contributed by atoms with Crippen LogP contribution in [0.15, 0.2) is 16.8 Å². The molecule has 1 N–H and O–H groups in total. The second-order valence-corrected chi connectivity index (χ2v) is 7.41. The van der Waals surface area contributed by atoms with E-state index in [0.29, 0.717) is 0 Å². The molecule has 2 fully saturated rings. The summed E-state index contributed by atoms with van der Waals surface area (Å²) in [5, 5.41) is 7.71. The number of methoxy groups -OCH3 is 1. The van der Waals surface area contributed by atoms with E-state index in [1.165, 1.54) is 5.56 Å². The lowest BCUT2D eigenvalue weighted by Crippen LogP contribution is -2.63. The molecule has 0 aromatic carbocycles. The van der Waals surface area contributed by atoms with Crippen LogP contribution >= 0.6 is 11.3 Å². The van der Waals surface area contributed by atoms with Crippen molar-refractivity contribution >= 4 is 17.2 Å². The van der Waals surface area contributed by atoms with Gasteiger partial charge in [0.2, 0.25) is 5.91 Å². The molecular formula is C16H24N2O2S. The van der Waals surface area contributed by atoms with E-state index >= 15 is 0 Å². The van der Waals surface area contributed by atoms with Crippen molar-refractivity contribution in [1.82, 2.24) is 10.2 Å². The first-order chi connectivity index (χ1) is 10.0. The highest BCUT2D eigenvalue weighted by molar-refractivity contribution is 7.07. The van der Waals surface area contributed by atoms with Crippen LogP contribution in [-0.4, -0.2) is 36.1 Å². The number of nitrogens with one attached hydrogen (secondary N) is 1. The first kappa shape index (κ1) is 15.0. The minimum Gasteiger partial charge on any atom is -0.381 e. The van der Waals surface area contributed by atoms with Crippen LogP contribution < -0.4 is 5.32 Å². The Bertz CT molecular complexity index is 514. The highest BCUT2D eigenvalue weighted by Gasteiger charge is 2.56. The lowest BCUT2D eigenvalue weighted by Gasteiger charge is -2.55. The predicted molar refractivity (Wildman–Crippen MR) is 84.1 cm³/mol. The van der Waals surface area contributed by atoms with Crippen LogP contribution in [0.4, 0.5) is 0 Å². The fraction of sp³-hybridized carbons (Fsp3) is 0.688. The van der Waals surface area contributed by atoms with Gasteiger partial charge >= 0.3 is 0 Å². The van der Waals surface area contributed by atoms with Crippen LogP contribution in [0.3, 0.4) is 0 Å². The summed E-state index contributed by atoms with van der Waals surface area (Å²) in [6.07, 6.45) is 2.00. The summed E-state index contributed by atoms with van der Waals surface area (Å²) in [7, 11) is 1.76. The highest BCUT2D eigenvalue weighted by atomic mass is 32.1. The van der Waals surface area contributed by atoms with Crippen LogP contribution in [0.25, 0.3) is 0 Å². The molecule has 0 spiro atoms. The number of rotatable bonds is 4. The third-order valence-corrected chi connectivity index (χ3v) is 5.90. The number of carbonyl (C=O) groups is 1. The minimum atomic E-state index is -0.0627. The number of thiophene rings is 1. The average Bonchev–Trinajstić information content (AvgIpc) is 3.07. The monoisotopic (exact) mass is 308 g/mol. The van der Waals surface area contributed by atoms with Gasteiger partial charge in [0.25, 0.3) is 0 Å². The molecule has 5 heteroatoms. The molecule has 2 aliphatic rings. The summed E-state index contributed by atoms with van der Waals surface area (Å²) in [5.41, 5.74) is 1.20. The lowest BCUT2D eigenvalue weighted by atomic mass is 9.63. The van der Waals surface area contributed by atoms with Crippen LogP contribution in [0.5, 0.6) is 0 Å². The number of carbonyl (C=O) groups excluding carboxylic acids is 1. The van der Waals surface area contributed by atoms with Gasteiger partial charge in [-0.2, -0.15) is 11.3 Å². The van der Waals surface area contributed by atoms with Gasteiger partial charge < -0.3 is 9.64 Å². The van der Waals surface area contributed by atoms with Crippen molar-refractivity contribution in [1.29, 1.82) is 0 Å². The third-order valence-electron chi connectivity index (χ3n) is 5.20. The molecule has 1 aromatic heterocycles. The van der Waals surface area contributed by atoms with Crippen LogP contribution in [0, 0.1) is 5.41 Å². The van der Waals surface area contributed by atoms with Crippen LogP contribution in [-0.2, 0) is 9.53 Å². The van der Waals surface area contributed by atoms with Gasteiger partial charge in [-0.3, -0.25) is 10.1 Å². The minimum absolute atomic E-state index is 0.00297.